The minimum absolute atomic E-state index is 0.190. The molecule has 1 aliphatic heterocycles. The first-order chi connectivity index (χ1) is 21.6. The van der Waals surface area contributed by atoms with E-state index in [4.69, 9.17) is 20.9 Å². The third kappa shape index (κ3) is 8.45. The molecule has 1 saturated heterocycles. The van der Waals surface area contributed by atoms with Gasteiger partial charge in [-0.25, -0.2) is 0 Å². The number of para-hydroxylation sites is 1. The average molecular weight is 617 g/mol. The fourth-order valence-electron chi connectivity index (χ4n) is 5.17. The first-order valence-corrected chi connectivity index (χ1v) is 15.2. The standard InChI is InChI=1S/C34H44N6O5/c1-23-12-15-28(30(21-23)45-20-7-5-6-11-31(41)40-18-16-38(2)17-19-40)39(3)34(43)24-13-14-27(29(22-24)44-4)37-33(42)25-9-8-10-26(35)32(25)36/h8-10,12-15,21-22H,5-7,11,16-20,35-36H2,1-4H3,(H,37,42). The van der Waals surface area contributed by atoms with Crippen molar-refractivity contribution in [1.29, 1.82) is 0 Å². The molecule has 3 aromatic carbocycles. The van der Waals surface area contributed by atoms with E-state index in [9.17, 15) is 14.4 Å². The molecule has 1 aliphatic rings. The van der Waals surface area contributed by atoms with Crippen LogP contribution in [0.2, 0.25) is 0 Å². The van der Waals surface area contributed by atoms with Crippen molar-refractivity contribution < 1.29 is 23.9 Å². The van der Waals surface area contributed by atoms with Gasteiger partial charge < -0.3 is 41.0 Å². The van der Waals surface area contributed by atoms with E-state index in [2.05, 4.69) is 17.3 Å². The van der Waals surface area contributed by atoms with Crippen LogP contribution in [0.15, 0.2) is 54.6 Å². The number of nitrogen functional groups attached to an aromatic ring is 2. The summed E-state index contributed by atoms with van der Waals surface area (Å²) in [5, 5.41) is 2.78. The molecule has 11 heteroatoms. The van der Waals surface area contributed by atoms with Gasteiger partial charge in [-0.15, -0.1) is 0 Å². The zero-order valence-electron chi connectivity index (χ0n) is 26.6. The quantitative estimate of drug-likeness (QED) is 0.201. The lowest BCUT2D eigenvalue weighted by Crippen LogP contribution is -2.47. The zero-order chi connectivity index (χ0) is 32.5. The van der Waals surface area contributed by atoms with Crippen LogP contribution in [0.1, 0.15) is 52.0 Å². The number of nitrogens with two attached hydrogens (primary N) is 2. The Morgan fingerprint density at radius 1 is 0.933 bits per heavy atom. The monoisotopic (exact) mass is 616 g/mol. The summed E-state index contributed by atoms with van der Waals surface area (Å²) in [5.41, 5.74) is 15.0. The smallest absolute Gasteiger partial charge is 0.258 e. The van der Waals surface area contributed by atoms with Gasteiger partial charge in [0.2, 0.25) is 5.91 Å². The Labute approximate surface area is 265 Å². The third-order valence-corrected chi connectivity index (χ3v) is 8.01. The number of likely N-dealkylation sites (N-methyl/N-ethyl adjacent to an activating group) is 1. The van der Waals surface area contributed by atoms with E-state index in [1.54, 1.807) is 43.4 Å². The van der Waals surface area contributed by atoms with Gasteiger partial charge in [0.1, 0.15) is 11.5 Å². The molecular weight excluding hydrogens is 572 g/mol. The predicted molar refractivity (Wildman–Crippen MR) is 178 cm³/mol. The van der Waals surface area contributed by atoms with Gasteiger partial charge in [0, 0.05) is 45.2 Å². The second kappa shape index (κ2) is 15.3. The van der Waals surface area contributed by atoms with E-state index < -0.39 is 5.91 Å². The number of rotatable bonds is 12. The molecular formula is C34H44N6O5. The maximum absolute atomic E-state index is 13.6. The number of hydrogen-bond donors (Lipinski definition) is 3. The number of anilines is 4. The Morgan fingerprint density at radius 2 is 1.69 bits per heavy atom. The molecule has 11 nitrogen and oxygen atoms in total. The van der Waals surface area contributed by atoms with Crippen molar-refractivity contribution in [3.63, 3.8) is 0 Å². The molecule has 1 heterocycles. The highest BCUT2D eigenvalue weighted by Gasteiger charge is 2.21. The number of aryl methyl sites for hydroxylation is 1. The number of unbranched alkanes of at least 4 members (excludes halogenated alkanes) is 2. The van der Waals surface area contributed by atoms with Crippen molar-refractivity contribution in [3.05, 3.63) is 71.3 Å². The third-order valence-electron chi connectivity index (χ3n) is 8.01. The zero-order valence-corrected chi connectivity index (χ0v) is 26.6. The van der Waals surface area contributed by atoms with Crippen LogP contribution in [0.25, 0.3) is 0 Å². The van der Waals surface area contributed by atoms with Crippen LogP contribution in [-0.2, 0) is 4.79 Å². The van der Waals surface area contributed by atoms with Gasteiger partial charge in [-0.3, -0.25) is 14.4 Å². The highest BCUT2D eigenvalue weighted by atomic mass is 16.5. The Kier molecular flexibility index (Phi) is 11.3. The highest BCUT2D eigenvalue weighted by Crippen LogP contribution is 2.32. The lowest BCUT2D eigenvalue weighted by molar-refractivity contribution is -0.132. The Morgan fingerprint density at radius 3 is 2.42 bits per heavy atom. The number of carbonyl (C=O) groups is 3. The first-order valence-electron chi connectivity index (χ1n) is 15.2. The Hall–Kier alpha value is -4.77. The summed E-state index contributed by atoms with van der Waals surface area (Å²) in [6.45, 7) is 5.89. The van der Waals surface area contributed by atoms with Crippen molar-refractivity contribution in [1.82, 2.24) is 9.80 Å². The van der Waals surface area contributed by atoms with Gasteiger partial charge in [-0.1, -0.05) is 12.1 Å². The largest absolute Gasteiger partial charge is 0.495 e. The Balaban J connectivity index is 1.35. The van der Waals surface area contributed by atoms with Crippen LogP contribution < -0.4 is 31.2 Å². The molecule has 0 spiro atoms. The lowest BCUT2D eigenvalue weighted by Gasteiger charge is -2.32. The van der Waals surface area contributed by atoms with Gasteiger partial charge in [0.05, 0.1) is 42.0 Å². The van der Waals surface area contributed by atoms with E-state index >= 15 is 0 Å². The van der Waals surface area contributed by atoms with Crippen molar-refractivity contribution >= 4 is 40.5 Å². The summed E-state index contributed by atoms with van der Waals surface area (Å²) in [6.07, 6.45) is 3.05. The fraction of sp³-hybridized carbons (Fsp3) is 0.382. The summed E-state index contributed by atoms with van der Waals surface area (Å²) in [4.78, 5) is 44.7. The van der Waals surface area contributed by atoms with Gasteiger partial charge in [-0.2, -0.15) is 0 Å². The molecule has 240 valence electrons. The number of nitrogens with one attached hydrogen (secondary N) is 1. The van der Waals surface area contributed by atoms with Crippen LogP contribution in [-0.4, -0.2) is 81.5 Å². The number of amides is 3. The van der Waals surface area contributed by atoms with Gasteiger partial charge in [-0.05, 0) is 81.3 Å². The Bertz CT molecular complexity index is 1520. The summed E-state index contributed by atoms with van der Waals surface area (Å²) in [5.74, 6) is 0.425. The fourth-order valence-corrected chi connectivity index (χ4v) is 5.17. The predicted octanol–water partition coefficient (Wildman–Crippen LogP) is 4.41. The topological polar surface area (TPSA) is 143 Å². The highest BCUT2D eigenvalue weighted by molar-refractivity contribution is 6.11. The number of ether oxygens (including phenoxy) is 2. The average Bonchev–Trinajstić information content (AvgIpc) is 3.03. The second-order valence-electron chi connectivity index (χ2n) is 11.4. The molecule has 0 bridgehead atoms. The van der Waals surface area contributed by atoms with Crippen LogP contribution in [0, 0.1) is 6.92 Å². The molecule has 0 radical (unpaired) electrons. The van der Waals surface area contributed by atoms with Crippen LogP contribution in [0.5, 0.6) is 11.5 Å². The first kappa shape index (κ1) is 33.1. The minimum Gasteiger partial charge on any atom is -0.495 e. The molecule has 4 rings (SSSR count). The molecule has 1 fully saturated rings. The van der Waals surface area contributed by atoms with Crippen LogP contribution in [0.4, 0.5) is 22.7 Å². The number of nitrogens with zero attached hydrogens (tertiary/aromatic N) is 3. The van der Waals surface area contributed by atoms with E-state index in [1.807, 2.05) is 30.0 Å². The summed E-state index contributed by atoms with van der Waals surface area (Å²) < 4.78 is 11.6. The van der Waals surface area contributed by atoms with Crippen LogP contribution >= 0.6 is 0 Å². The van der Waals surface area contributed by atoms with E-state index in [0.717, 1.165) is 51.0 Å². The number of benzene rings is 3. The summed E-state index contributed by atoms with van der Waals surface area (Å²) >= 11 is 0. The molecule has 5 N–H and O–H groups in total. The number of carbonyl (C=O) groups excluding carboxylic acids is 3. The molecule has 3 amide bonds. The molecule has 0 aliphatic carbocycles. The normalized spacial score (nSPS) is 13.3. The van der Waals surface area contributed by atoms with E-state index in [1.165, 1.54) is 12.0 Å². The van der Waals surface area contributed by atoms with Gasteiger partial charge in [0.25, 0.3) is 11.8 Å². The molecule has 0 saturated carbocycles. The van der Waals surface area contributed by atoms with Gasteiger partial charge in [0.15, 0.2) is 0 Å². The van der Waals surface area contributed by atoms with Crippen molar-refractivity contribution in [2.45, 2.75) is 32.6 Å². The number of hydrogen-bond acceptors (Lipinski definition) is 8. The molecule has 0 atom stereocenters. The van der Waals surface area contributed by atoms with Gasteiger partial charge >= 0.3 is 0 Å². The number of methoxy groups -OCH3 is 1. The molecule has 0 aromatic heterocycles. The van der Waals surface area contributed by atoms with Crippen molar-refractivity contribution in [2.24, 2.45) is 0 Å². The second-order valence-corrected chi connectivity index (χ2v) is 11.4. The maximum Gasteiger partial charge on any atom is 0.258 e. The van der Waals surface area contributed by atoms with Crippen molar-refractivity contribution in [2.75, 3.05) is 75.7 Å². The number of piperazine rings is 1. The van der Waals surface area contributed by atoms with E-state index in [0.29, 0.717) is 47.2 Å². The summed E-state index contributed by atoms with van der Waals surface area (Å²) in [7, 11) is 5.23. The van der Waals surface area contributed by atoms with E-state index in [-0.39, 0.29) is 23.1 Å². The summed E-state index contributed by atoms with van der Waals surface area (Å²) in [6, 6.07) is 15.4. The van der Waals surface area contributed by atoms with Crippen molar-refractivity contribution in [3.8, 4) is 11.5 Å². The molecule has 0 unspecified atom stereocenters. The molecule has 45 heavy (non-hydrogen) atoms. The SMILES string of the molecule is COc1cc(C(=O)N(C)c2ccc(C)cc2OCCCCCC(=O)N2CCN(C)CC2)ccc1NC(=O)c1cccc(N)c1N. The minimum atomic E-state index is -0.447. The lowest BCUT2D eigenvalue weighted by atomic mass is 10.1. The molecule has 3 aromatic rings. The maximum atomic E-state index is 13.6. The van der Waals surface area contributed by atoms with Crippen LogP contribution in [0.3, 0.4) is 0 Å².